The molecule has 5 rings (SSSR count). The Morgan fingerprint density at radius 2 is 1.74 bits per heavy atom. The molecule has 2 heterocycles. The van der Waals surface area contributed by atoms with Crippen molar-refractivity contribution in [3.63, 3.8) is 0 Å². The van der Waals surface area contributed by atoms with Gasteiger partial charge in [-0.1, -0.05) is 37.0 Å². The van der Waals surface area contributed by atoms with Crippen LogP contribution in [0.5, 0.6) is 5.75 Å². The number of benzene rings is 2. The number of Topliss-reactive ketones (excluding diaryl/α,β-unsaturated/α-hetero) is 1. The van der Waals surface area contributed by atoms with Crippen molar-refractivity contribution in [3.05, 3.63) is 64.4 Å². The van der Waals surface area contributed by atoms with E-state index >= 15 is 0 Å². The van der Waals surface area contributed by atoms with Crippen LogP contribution in [0.3, 0.4) is 0 Å². The maximum Gasteiger partial charge on any atom is 0.310 e. The maximum absolute atomic E-state index is 13.8. The van der Waals surface area contributed by atoms with Gasteiger partial charge >= 0.3 is 5.97 Å². The molecule has 0 amide bonds. The Kier molecular flexibility index (Phi) is 9.52. The molecule has 10 heteroatoms. The van der Waals surface area contributed by atoms with Gasteiger partial charge in [0.25, 0.3) is 5.56 Å². The summed E-state index contributed by atoms with van der Waals surface area (Å²) in [5.41, 5.74) is 0.819. The van der Waals surface area contributed by atoms with Crippen LogP contribution in [0, 0.1) is 23.7 Å². The molecule has 224 valence electrons. The monoisotopic (exact) mass is 591 g/mol. The first-order chi connectivity index (χ1) is 20.2. The minimum Gasteiger partial charge on any atom is -0.493 e. The lowest BCUT2D eigenvalue weighted by Gasteiger charge is -2.24. The second-order valence-corrected chi connectivity index (χ2v) is 18.4. The first kappa shape index (κ1) is 30.1. The fourth-order valence-corrected chi connectivity index (χ4v) is 6.63. The lowest BCUT2D eigenvalue weighted by molar-refractivity contribution is -0.150. The van der Waals surface area contributed by atoms with Crippen LogP contribution in [-0.2, 0) is 20.8 Å². The second kappa shape index (κ2) is 13.3. The number of hydrogen-bond acceptors (Lipinski definition) is 8. The molecular formula is C32H41N3O6Si. The van der Waals surface area contributed by atoms with E-state index in [0.717, 1.165) is 37.8 Å². The molecule has 0 spiro atoms. The number of ketones is 1. The van der Waals surface area contributed by atoms with Crippen molar-refractivity contribution < 1.29 is 23.8 Å². The van der Waals surface area contributed by atoms with Crippen LogP contribution in [0.25, 0.3) is 10.9 Å². The summed E-state index contributed by atoms with van der Waals surface area (Å²) in [7, 11) is -1.42. The Bertz CT molecular complexity index is 1450. The van der Waals surface area contributed by atoms with Crippen LogP contribution in [0.2, 0.25) is 25.7 Å². The maximum atomic E-state index is 13.8. The van der Waals surface area contributed by atoms with E-state index < -0.39 is 19.9 Å². The SMILES string of the molecule is C[Si](C)(C)CCOC(=O)C1C(Cn2nnc3ccccc3c2=O)CCC1C(=O)c1ccc(OCC2CCOCC2)cc1. The van der Waals surface area contributed by atoms with E-state index in [1.807, 2.05) is 18.2 Å². The van der Waals surface area contributed by atoms with Crippen LogP contribution in [0.4, 0.5) is 0 Å². The summed E-state index contributed by atoms with van der Waals surface area (Å²) in [4.78, 5) is 40.5. The summed E-state index contributed by atoms with van der Waals surface area (Å²) in [6.45, 7) is 9.40. The molecule has 0 radical (unpaired) electrons. The van der Waals surface area contributed by atoms with Gasteiger partial charge in [0.15, 0.2) is 5.78 Å². The van der Waals surface area contributed by atoms with Gasteiger partial charge in [-0.15, -0.1) is 5.10 Å². The Hall–Kier alpha value is -3.37. The van der Waals surface area contributed by atoms with Gasteiger partial charge in [-0.05, 0) is 80.0 Å². The van der Waals surface area contributed by atoms with Crippen molar-refractivity contribution in [1.82, 2.24) is 15.0 Å². The summed E-state index contributed by atoms with van der Waals surface area (Å²) in [6, 6.07) is 15.1. The van der Waals surface area contributed by atoms with E-state index in [0.29, 0.717) is 48.4 Å². The lowest BCUT2D eigenvalue weighted by atomic mass is 9.84. The number of carbonyl (C=O) groups excluding carboxylic acids is 2. The number of nitrogens with zero attached hydrogens (tertiary/aromatic N) is 3. The number of fused-ring (bicyclic) bond motifs is 1. The van der Waals surface area contributed by atoms with Gasteiger partial charge in [-0.25, -0.2) is 4.68 Å². The highest BCUT2D eigenvalue weighted by molar-refractivity contribution is 6.76. The molecule has 3 unspecified atom stereocenters. The number of esters is 1. The summed E-state index contributed by atoms with van der Waals surface area (Å²) in [5.74, 6) is -0.725. The van der Waals surface area contributed by atoms with Crippen molar-refractivity contribution in [2.75, 3.05) is 26.4 Å². The third kappa shape index (κ3) is 7.33. The highest BCUT2D eigenvalue weighted by Crippen LogP contribution is 2.41. The molecule has 9 nitrogen and oxygen atoms in total. The van der Waals surface area contributed by atoms with E-state index in [1.165, 1.54) is 4.68 Å². The van der Waals surface area contributed by atoms with Crippen molar-refractivity contribution in [2.24, 2.45) is 23.7 Å². The Balaban J connectivity index is 1.32. The highest BCUT2D eigenvalue weighted by atomic mass is 28.3. The molecule has 2 aromatic carbocycles. The van der Waals surface area contributed by atoms with Gasteiger partial charge in [0.2, 0.25) is 0 Å². The van der Waals surface area contributed by atoms with Crippen LogP contribution >= 0.6 is 0 Å². The largest absolute Gasteiger partial charge is 0.493 e. The molecule has 1 aliphatic carbocycles. The van der Waals surface area contributed by atoms with Crippen LogP contribution in [0.1, 0.15) is 36.0 Å². The standard InChI is InChI=1S/C32H41N3O6Si/c1-42(2,3)19-18-40-32(38)29-24(20-35-31(37)26-6-4-5-7-28(26)33-34-35)10-13-27(29)30(36)23-8-11-25(12-9-23)41-21-22-14-16-39-17-15-22/h4-9,11-12,22,24,27,29H,10,13-21H2,1-3H3. The number of ether oxygens (including phenoxy) is 3. The summed E-state index contributed by atoms with van der Waals surface area (Å²) in [5, 5.41) is 8.83. The second-order valence-electron chi connectivity index (χ2n) is 12.8. The molecule has 1 aliphatic heterocycles. The van der Waals surface area contributed by atoms with Crippen molar-refractivity contribution in [2.45, 2.75) is 57.9 Å². The first-order valence-electron chi connectivity index (χ1n) is 15.0. The Morgan fingerprint density at radius 3 is 2.48 bits per heavy atom. The van der Waals surface area contributed by atoms with E-state index in [1.54, 1.807) is 30.3 Å². The number of hydrogen-bond donors (Lipinski definition) is 0. The molecule has 0 N–H and O–H groups in total. The van der Waals surface area contributed by atoms with Gasteiger partial charge < -0.3 is 14.2 Å². The van der Waals surface area contributed by atoms with Crippen molar-refractivity contribution in [3.8, 4) is 5.75 Å². The molecule has 2 fully saturated rings. The van der Waals surface area contributed by atoms with E-state index in [9.17, 15) is 14.4 Å². The summed E-state index contributed by atoms with van der Waals surface area (Å²) < 4.78 is 18.5. The van der Waals surface area contributed by atoms with Crippen LogP contribution in [0.15, 0.2) is 53.3 Å². The van der Waals surface area contributed by atoms with Crippen molar-refractivity contribution in [1.29, 1.82) is 0 Å². The smallest absolute Gasteiger partial charge is 0.310 e. The number of aromatic nitrogens is 3. The van der Waals surface area contributed by atoms with Gasteiger partial charge in [-0.3, -0.25) is 14.4 Å². The first-order valence-corrected chi connectivity index (χ1v) is 18.7. The molecule has 1 aromatic heterocycles. The van der Waals surface area contributed by atoms with E-state index in [4.69, 9.17) is 14.2 Å². The van der Waals surface area contributed by atoms with Gasteiger partial charge in [0, 0.05) is 32.8 Å². The highest BCUT2D eigenvalue weighted by Gasteiger charge is 2.46. The van der Waals surface area contributed by atoms with Crippen LogP contribution in [-0.4, -0.2) is 61.2 Å². The molecule has 1 saturated heterocycles. The molecule has 3 aromatic rings. The zero-order valence-corrected chi connectivity index (χ0v) is 25.8. The fraction of sp³-hybridized carbons (Fsp3) is 0.531. The van der Waals surface area contributed by atoms with Gasteiger partial charge in [-0.2, -0.15) is 0 Å². The lowest BCUT2D eigenvalue weighted by Crippen LogP contribution is -2.36. The minimum absolute atomic E-state index is 0.0856. The van der Waals surface area contributed by atoms with Crippen molar-refractivity contribution >= 4 is 30.7 Å². The Morgan fingerprint density at radius 1 is 1.00 bits per heavy atom. The van der Waals surface area contributed by atoms with E-state index in [-0.39, 0.29) is 29.8 Å². The fourth-order valence-electron chi connectivity index (χ4n) is 5.91. The average Bonchev–Trinajstić information content (AvgIpc) is 3.41. The molecule has 42 heavy (non-hydrogen) atoms. The third-order valence-corrected chi connectivity index (χ3v) is 10.2. The summed E-state index contributed by atoms with van der Waals surface area (Å²) in [6.07, 6.45) is 3.13. The van der Waals surface area contributed by atoms with Gasteiger partial charge in [0.05, 0.1) is 31.1 Å². The zero-order chi connectivity index (χ0) is 29.7. The topological polar surface area (TPSA) is 110 Å². The zero-order valence-electron chi connectivity index (χ0n) is 24.8. The predicted octanol–water partition coefficient (Wildman–Crippen LogP) is 5.00. The normalized spacial score (nSPS) is 21.4. The van der Waals surface area contributed by atoms with Crippen LogP contribution < -0.4 is 10.3 Å². The quantitative estimate of drug-likeness (QED) is 0.174. The molecule has 1 saturated carbocycles. The molecule has 3 atom stereocenters. The molecule has 0 bridgehead atoms. The summed E-state index contributed by atoms with van der Waals surface area (Å²) >= 11 is 0. The van der Waals surface area contributed by atoms with E-state index in [2.05, 4.69) is 30.0 Å². The third-order valence-electron chi connectivity index (χ3n) is 8.50. The number of carbonyl (C=O) groups is 2. The minimum atomic E-state index is -1.42. The average molecular weight is 592 g/mol. The predicted molar refractivity (Wildman–Crippen MR) is 162 cm³/mol. The number of rotatable bonds is 11. The Labute approximate surface area is 247 Å². The molecular weight excluding hydrogens is 550 g/mol. The molecule has 2 aliphatic rings. The van der Waals surface area contributed by atoms with Gasteiger partial charge in [0.1, 0.15) is 11.3 Å².